The van der Waals surface area contributed by atoms with Crippen molar-refractivity contribution in [3.05, 3.63) is 0 Å². The summed E-state index contributed by atoms with van der Waals surface area (Å²) in [5, 5.41) is 2.77. The Morgan fingerprint density at radius 1 is 1.70 bits per heavy atom. The predicted molar refractivity (Wildman–Crippen MR) is 39.4 cm³/mol. The van der Waals surface area contributed by atoms with Gasteiger partial charge in [0, 0.05) is 18.5 Å². The molecule has 0 aromatic heterocycles. The molecular weight excluding hydrogens is 128 g/mol. The first-order valence-corrected chi connectivity index (χ1v) is 3.67. The van der Waals surface area contributed by atoms with Crippen LogP contribution < -0.4 is 11.1 Å². The third-order valence-electron chi connectivity index (χ3n) is 1.98. The van der Waals surface area contributed by atoms with Gasteiger partial charge in [-0.05, 0) is 12.8 Å². The van der Waals surface area contributed by atoms with E-state index in [9.17, 15) is 4.79 Å². The van der Waals surface area contributed by atoms with Crippen molar-refractivity contribution in [2.24, 2.45) is 11.1 Å². The SMILES string of the molecule is CC1(C(=O)NCCN)CC1. The fourth-order valence-electron chi connectivity index (χ4n) is 0.814. The molecule has 1 rings (SSSR count). The maximum Gasteiger partial charge on any atom is 0.225 e. The highest BCUT2D eigenvalue weighted by Crippen LogP contribution is 2.44. The Labute approximate surface area is 61.0 Å². The average Bonchev–Trinajstić information content (AvgIpc) is 2.64. The van der Waals surface area contributed by atoms with E-state index in [2.05, 4.69) is 5.32 Å². The van der Waals surface area contributed by atoms with E-state index in [0.717, 1.165) is 12.8 Å². The lowest BCUT2D eigenvalue weighted by atomic mass is 10.1. The molecular formula is C7H14N2O. The summed E-state index contributed by atoms with van der Waals surface area (Å²) in [6.07, 6.45) is 2.06. The molecule has 1 amide bonds. The largest absolute Gasteiger partial charge is 0.354 e. The average molecular weight is 142 g/mol. The molecule has 3 heteroatoms. The molecule has 0 heterocycles. The van der Waals surface area contributed by atoms with Crippen LogP contribution in [0.1, 0.15) is 19.8 Å². The molecule has 10 heavy (non-hydrogen) atoms. The second kappa shape index (κ2) is 2.58. The fraction of sp³-hybridized carbons (Fsp3) is 0.857. The van der Waals surface area contributed by atoms with Crippen molar-refractivity contribution in [2.75, 3.05) is 13.1 Å². The topological polar surface area (TPSA) is 55.1 Å². The number of rotatable bonds is 3. The monoisotopic (exact) mass is 142 g/mol. The Hall–Kier alpha value is -0.570. The molecule has 1 fully saturated rings. The van der Waals surface area contributed by atoms with Crippen molar-refractivity contribution >= 4 is 5.91 Å². The smallest absolute Gasteiger partial charge is 0.225 e. The molecule has 0 spiro atoms. The standard InChI is InChI=1S/C7H14N2O/c1-7(2-3-7)6(10)9-5-4-8/h2-5,8H2,1H3,(H,9,10). The van der Waals surface area contributed by atoms with E-state index in [-0.39, 0.29) is 11.3 Å². The number of hydrogen-bond acceptors (Lipinski definition) is 2. The zero-order valence-electron chi connectivity index (χ0n) is 6.31. The van der Waals surface area contributed by atoms with E-state index in [1.165, 1.54) is 0 Å². The molecule has 0 aromatic rings. The summed E-state index contributed by atoms with van der Waals surface area (Å²) in [5.41, 5.74) is 5.18. The van der Waals surface area contributed by atoms with Gasteiger partial charge in [-0.2, -0.15) is 0 Å². The predicted octanol–water partition coefficient (Wildman–Crippen LogP) is -0.139. The summed E-state index contributed by atoms with van der Waals surface area (Å²) < 4.78 is 0. The first kappa shape index (κ1) is 7.54. The lowest BCUT2D eigenvalue weighted by Crippen LogP contribution is -2.34. The normalized spacial score (nSPS) is 20.2. The van der Waals surface area contributed by atoms with Gasteiger partial charge >= 0.3 is 0 Å². The number of carbonyl (C=O) groups is 1. The van der Waals surface area contributed by atoms with Crippen molar-refractivity contribution in [1.29, 1.82) is 0 Å². The number of nitrogens with two attached hydrogens (primary N) is 1. The Bertz CT molecular complexity index is 141. The Balaban J connectivity index is 2.22. The molecule has 1 aliphatic carbocycles. The quantitative estimate of drug-likeness (QED) is 0.576. The third kappa shape index (κ3) is 1.48. The van der Waals surface area contributed by atoms with Gasteiger partial charge in [-0.25, -0.2) is 0 Å². The van der Waals surface area contributed by atoms with Crippen LogP contribution in [0.4, 0.5) is 0 Å². The van der Waals surface area contributed by atoms with E-state index in [1.807, 2.05) is 6.92 Å². The van der Waals surface area contributed by atoms with E-state index in [1.54, 1.807) is 0 Å². The van der Waals surface area contributed by atoms with Crippen molar-refractivity contribution < 1.29 is 4.79 Å². The Morgan fingerprint density at radius 2 is 2.30 bits per heavy atom. The van der Waals surface area contributed by atoms with Crippen molar-refractivity contribution in [3.63, 3.8) is 0 Å². The van der Waals surface area contributed by atoms with E-state index < -0.39 is 0 Å². The molecule has 1 saturated carbocycles. The summed E-state index contributed by atoms with van der Waals surface area (Å²) in [7, 11) is 0. The van der Waals surface area contributed by atoms with Crippen LogP contribution >= 0.6 is 0 Å². The van der Waals surface area contributed by atoms with Crippen LogP contribution in [0.25, 0.3) is 0 Å². The first-order chi connectivity index (χ1) is 4.69. The molecule has 0 saturated heterocycles. The van der Waals surface area contributed by atoms with Gasteiger partial charge in [-0.3, -0.25) is 4.79 Å². The van der Waals surface area contributed by atoms with Crippen LogP contribution in [0.15, 0.2) is 0 Å². The van der Waals surface area contributed by atoms with Crippen molar-refractivity contribution in [1.82, 2.24) is 5.32 Å². The fourth-order valence-corrected chi connectivity index (χ4v) is 0.814. The molecule has 1 aliphatic rings. The molecule has 3 N–H and O–H groups in total. The minimum Gasteiger partial charge on any atom is -0.354 e. The zero-order chi connectivity index (χ0) is 7.61. The van der Waals surface area contributed by atoms with Gasteiger partial charge in [0.25, 0.3) is 0 Å². The van der Waals surface area contributed by atoms with Crippen LogP contribution in [-0.4, -0.2) is 19.0 Å². The second-order valence-corrected chi connectivity index (χ2v) is 3.11. The number of amides is 1. The van der Waals surface area contributed by atoms with Gasteiger partial charge in [0.15, 0.2) is 0 Å². The van der Waals surface area contributed by atoms with E-state index >= 15 is 0 Å². The number of nitrogens with one attached hydrogen (secondary N) is 1. The van der Waals surface area contributed by atoms with Crippen LogP contribution in [0.5, 0.6) is 0 Å². The number of carbonyl (C=O) groups excluding carboxylic acids is 1. The molecule has 0 unspecified atom stereocenters. The lowest BCUT2D eigenvalue weighted by Gasteiger charge is -2.07. The minimum absolute atomic E-state index is 0.0465. The highest BCUT2D eigenvalue weighted by molar-refractivity contribution is 5.84. The van der Waals surface area contributed by atoms with Gasteiger partial charge in [0.1, 0.15) is 0 Å². The summed E-state index contributed by atoms with van der Waals surface area (Å²) in [6, 6.07) is 0. The van der Waals surface area contributed by atoms with E-state index in [0.29, 0.717) is 13.1 Å². The maximum atomic E-state index is 11.1. The highest BCUT2D eigenvalue weighted by atomic mass is 16.2. The Morgan fingerprint density at radius 3 is 2.70 bits per heavy atom. The van der Waals surface area contributed by atoms with Gasteiger partial charge in [-0.15, -0.1) is 0 Å². The van der Waals surface area contributed by atoms with Gasteiger partial charge in [0.05, 0.1) is 0 Å². The summed E-state index contributed by atoms with van der Waals surface area (Å²) >= 11 is 0. The second-order valence-electron chi connectivity index (χ2n) is 3.11. The van der Waals surface area contributed by atoms with Crippen LogP contribution in [0.3, 0.4) is 0 Å². The maximum absolute atomic E-state index is 11.1. The van der Waals surface area contributed by atoms with Crippen molar-refractivity contribution in [2.45, 2.75) is 19.8 Å². The molecule has 3 nitrogen and oxygen atoms in total. The van der Waals surface area contributed by atoms with E-state index in [4.69, 9.17) is 5.73 Å². The van der Waals surface area contributed by atoms with Crippen LogP contribution in [0.2, 0.25) is 0 Å². The minimum atomic E-state index is -0.0465. The Kier molecular flexibility index (Phi) is 1.94. The van der Waals surface area contributed by atoms with Gasteiger partial charge in [0.2, 0.25) is 5.91 Å². The molecule has 58 valence electrons. The first-order valence-electron chi connectivity index (χ1n) is 3.67. The molecule has 0 bridgehead atoms. The third-order valence-corrected chi connectivity index (χ3v) is 1.98. The molecule has 0 aliphatic heterocycles. The zero-order valence-corrected chi connectivity index (χ0v) is 6.31. The number of hydrogen-bond donors (Lipinski definition) is 2. The molecule has 0 radical (unpaired) electrons. The molecule has 0 atom stereocenters. The van der Waals surface area contributed by atoms with Crippen molar-refractivity contribution in [3.8, 4) is 0 Å². The summed E-state index contributed by atoms with van der Waals surface area (Å²) in [5.74, 6) is 0.165. The summed E-state index contributed by atoms with van der Waals surface area (Å²) in [4.78, 5) is 11.1. The van der Waals surface area contributed by atoms with Crippen LogP contribution in [0, 0.1) is 5.41 Å². The van der Waals surface area contributed by atoms with Gasteiger partial charge < -0.3 is 11.1 Å². The van der Waals surface area contributed by atoms with Gasteiger partial charge in [-0.1, -0.05) is 6.92 Å². The summed E-state index contributed by atoms with van der Waals surface area (Å²) in [6.45, 7) is 3.12. The highest BCUT2D eigenvalue weighted by Gasteiger charge is 2.44. The lowest BCUT2D eigenvalue weighted by molar-refractivity contribution is -0.125. The van der Waals surface area contributed by atoms with Crippen LogP contribution in [-0.2, 0) is 4.79 Å². The molecule has 0 aromatic carbocycles.